The molecule has 3 heteroatoms. The molecule has 1 aromatic rings. The summed E-state index contributed by atoms with van der Waals surface area (Å²) < 4.78 is 5.27. The van der Waals surface area contributed by atoms with E-state index < -0.39 is 5.97 Å². The molecule has 0 spiro atoms. The van der Waals surface area contributed by atoms with Crippen LogP contribution in [0.4, 0.5) is 0 Å². The Balaban J connectivity index is 2.44. The molecule has 1 aliphatic carbocycles. The van der Waals surface area contributed by atoms with Crippen LogP contribution in [-0.2, 0) is 10.2 Å². The molecule has 0 aliphatic heterocycles. The quantitative estimate of drug-likeness (QED) is 0.892. The highest BCUT2D eigenvalue weighted by Crippen LogP contribution is 2.44. The van der Waals surface area contributed by atoms with Crippen LogP contribution in [0.2, 0.25) is 0 Å². The van der Waals surface area contributed by atoms with Crippen LogP contribution >= 0.6 is 0 Å². The lowest BCUT2D eigenvalue weighted by Gasteiger charge is -2.37. The summed E-state index contributed by atoms with van der Waals surface area (Å²) in [5, 5.41) is 9.00. The van der Waals surface area contributed by atoms with Gasteiger partial charge in [0, 0.05) is 0 Å². The van der Waals surface area contributed by atoms with Crippen LogP contribution in [0, 0.1) is 0 Å². The van der Waals surface area contributed by atoms with Crippen LogP contribution in [0.25, 0.3) is 0 Å². The van der Waals surface area contributed by atoms with Gasteiger partial charge in [0.15, 0.2) is 0 Å². The maximum atomic E-state index is 10.9. The number of hydrogen-bond donors (Lipinski definition) is 1. The van der Waals surface area contributed by atoms with Gasteiger partial charge in [0.2, 0.25) is 0 Å². The van der Waals surface area contributed by atoms with Crippen LogP contribution in [0.3, 0.4) is 0 Å². The van der Waals surface area contributed by atoms with E-state index in [4.69, 9.17) is 9.84 Å². The standard InChI is InChI=1S/C15H20O3/c1-15(2)7-6-10(8-14(16)17)12-5-4-11(18-3)9-13(12)15/h4-5,9-10H,6-8H2,1-3H3,(H,16,17). The monoisotopic (exact) mass is 248 g/mol. The first kappa shape index (κ1) is 12.9. The summed E-state index contributed by atoms with van der Waals surface area (Å²) in [4.78, 5) is 10.9. The summed E-state index contributed by atoms with van der Waals surface area (Å²) in [5.74, 6) is 0.260. The lowest BCUT2D eigenvalue weighted by molar-refractivity contribution is -0.137. The predicted octanol–water partition coefficient (Wildman–Crippen LogP) is 3.32. The van der Waals surface area contributed by atoms with E-state index in [0.29, 0.717) is 0 Å². The van der Waals surface area contributed by atoms with Crippen molar-refractivity contribution in [2.45, 2.75) is 44.4 Å². The van der Waals surface area contributed by atoms with Crippen molar-refractivity contribution in [3.8, 4) is 5.75 Å². The Morgan fingerprint density at radius 1 is 1.50 bits per heavy atom. The molecule has 0 saturated heterocycles. The average Bonchev–Trinajstić information content (AvgIpc) is 2.32. The third kappa shape index (κ3) is 2.35. The normalized spacial score (nSPS) is 21.2. The second-order valence-electron chi connectivity index (χ2n) is 5.67. The fourth-order valence-corrected chi connectivity index (χ4v) is 2.85. The summed E-state index contributed by atoms with van der Waals surface area (Å²) in [7, 11) is 1.66. The van der Waals surface area contributed by atoms with Crippen molar-refractivity contribution in [2.75, 3.05) is 7.11 Å². The predicted molar refractivity (Wildman–Crippen MR) is 70.2 cm³/mol. The molecule has 0 bridgehead atoms. The molecular weight excluding hydrogens is 228 g/mol. The van der Waals surface area contributed by atoms with Crippen molar-refractivity contribution in [3.05, 3.63) is 29.3 Å². The number of fused-ring (bicyclic) bond motifs is 1. The number of hydrogen-bond acceptors (Lipinski definition) is 2. The summed E-state index contributed by atoms with van der Waals surface area (Å²) in [6.07, 6.45) is 2.18. The van der Waals surface area contributed by atoms with Crippen molar-refractivity contribution < 1.29 is 14.6 Å². The van der Waals surface area contributed by atoms with Gasteiger partial charge < -0.3 is 9.84 Å². The van der Waals surface area contributed by atoms with Gasteiger partial charge in [0.05, 0.1) is 13.5 Å². The van der Waals surface area contributed by atoms with E-state index in [-0.39, 0.29) is 17.8 Å². The Hall–Kier alpha value is -1.51. The first-order valence-electron chi connectivity index (χ1n) is 6.34. The minimum atomic E-state index is -0.721. The zero-order valence-electron chi connectivity index (χ0n) is 11.2. The third-order valence-corrected chi connectivity index (χ3v) is 3.97. The molecule has 1 N–H and O–H groups in total. The van der Waals surface area contributed by atoms with Gasteiger partial charge in [0.25, 0.3) is 0 Å². The maximum absolute atomic E-state index is 10.9. The van der Waals surface area contributed by atoms with Crippen LogP contribution in [-0.4, -0.2) is 18.2 Å². The Morgan fingerprint density at radius 3 is 2.83 bits per heavy atom. The SMILES string of the molecule is COc1ccc2c(c1)C(C)(C)CCC2CC(=O)O. The summed E-state index contributed by atoms with van der Waals surface area (Å²) in [6.45, 7) is 4.42. The molecule has 0 amide bonds. The molecule has 0 heterocycles. The fourth-order valence-electron chi connectivity index (χ4n) is 2.85. The zero-order valence-corrected chi connectivity index (χ0v) is 11.2. The Labute approximate surface area is 108 Å². The number of carboxylic acids is 1. The highest BCUT2D eigenvalue weighted by Gasteiger charge is 2.33. The number of benzene rings is 1. The van der Waals surface area contributed by atoms with Crippen molar-refractivity contribution in [2.24, 2.45) is 0 Å². The fraction of sp³-hybridized carbons (Fsp3) is 0.533. The largest absolute Gasteiger partial charge is 0.497 e. The number of ether oxygens (including phenoxy) is 1. The molecule has 1 aliphatic rings. The van der Waals surface area contributed by atoms with Gasteiger partial charge in [0.1, 0.15) is 5.75 Å². The van der Waals surface area contributed by atoms with E-state index in [0.717, 1.165) is 18.6 Å². The molecule has 98 valence electrons. The van der Waals surface area contributed by atoms with Crippen LogP contribution in [0.1, 0.15) is 50.2 Å². The van der Waals surface area contributed by atoms with Crippen LogP contribution < -0.4 is 4.74 Å². The summed E-state index contributed by atoms with van der Waals surface area (Å²) in [6, 6.07) is 6.01. The van der Waals surface area contributed by atoms with Gasteiger partial charge in [-0.3, -0.25) is 4.79 Å². The number of rotatable bonds is 3. The molecule has 0 radical (unpaired) electrons. The molecule has 3 nitrogen and oxygen atoms in total. The van der Waals surface area contributed by atoms with Gasteiger partial charge in [-0.1, -0.05) is 19.9 Å². The van der Waals surface area contributed by atoms with Gasteiger partial charge in [-0.25, -0.2) is 0 Å². The van der Waals surface area contributed by atoms with Gasteiger partial charge >= 0.3 is 5.97 Å². The molecule has 1 aromatic carbocycles. The van der Waals surface area contributed by atoms with E-state index in [1.807, 2.05) is 12.1 Å². The van der Waals surface area contributed by atoms with Crippen LogP contribution in [0.5, 0.6) is 5.75 Å². The maximum Gasteiger partial charge on any atom is 0.303 e. The molecule has 18 heavy (non-hydrogen) atoms. The van der Waals surface area contributed by atoms with Crippen molar-refractivity contribution in [3.63, 3.8) is 0 Å². The molecule has 0 saturated carbocycles. The number of carbonyl (C=O) groups is 1. The van der Waals surface area contributed by atoms with E-state index in [1.54, 1.807) is 7.11 Å². The van der Waals surface area contributed by atoms with Crippen molar-refractivity contribution in [1.29, 1.82) is 0 Å². The van der Waals surface area contributed by atoms with Gasteiger partial charge in [-0.15, -0.1) is 0 Å². The second kappa shape index (κ2) is 4.63. The zero-order chi connectivity index (χ0) is 13.3. The van der Waals surface area contributed by atoms with Crippen LogP contribution in [0.15, 0.2) is 18.2 Å². The van der Waals surface area contributed by atoms with E-state index >= 15 is 0 Å². The second-order valence-corrected chi connectivity index (χ2v) is 5.67. The number of aliphatic carboxylic acids is 1. The van der Waals surface area contributed by atoms with E-state index in [1.165, 1.54) is 11.1 Å². The lowest BCUT2D eigenvalue weighted by Crippen LogP contribution is -2.27. The number of carboxylic acid groups (broad SMARTS) is 1. The Kier molecular flexibility index (Phi) is 3.33. The highest BCUT2D eigenvalue weighted by molar-refractivity contribution is 5.68. The minimum Gasteiger partial charge on any atom is -0.497 e. The van der Waals surface area contributed by atoms with E-state index in [9.17, 15) is 4.79 Å². The molecule has 0 fully saturated rings. The minimum absolute atomic E-state index is 0.0961. The molecular formula is C15H20O3. The molecule has 1 unspecified atom stereocenters. The highest BCUT2D eigenvalue weighted by atomic mass is 16.5. The average molecular weight is 248 g/mol. The Bertz CT molecular complexity index is 463. The van der Waals surface area contributed by atoms with Gasteiger partial charge in [-0.05, 0) is 47.4 Å². The lowest BCUT2D eigenvalue weighted by atomic mass is 9.68. The Morgan fingerprint density at radius 2 is 2.22 bits per heavy atom. The summed E-state index contributed by atoms with van der Waals surface area (Å²) in [5.41, 5.74) is 2.51. The first-order chi connectivity index (χ1) is 8.44. The summed E-state index contributed by atoms with van der Waals surface area (Å²) >= 11 is 0. The molecule has 2 rings (SSSR count). The number of methoxy groups -OCH3 is 1. The topological polar surface area (TPSA) is 46.5 Å². The van der Waals surface area contributed by atoms with E-state index in [2.05, 4.69) is 19.9 Å². The molecule has 1 atom stereocenters. The van der Waals surface area contributed by atoms with Crippen molar-refractivity contribution in [1.82, 2.24) is 0 Å². The smallest absolute Gasteiger partial charge is 0.303 e. The molecule has 0 aromatic heterocycles. The third-order valence-electron chi connectivity index (χ3n) is 3.97. The van der Waals surface area contributed by atoms with Gasteiger partial charge in [-0.2, -0.15) is 0 Å². The first-order valence-corrected chi connectivity index (χ1v) is 6.34. The van der Waals surface area contributed by atoms with Crippen molar-refractivity contribution >= 4 is 5.97 Å².